The van der Waals surface area contributed by atoms with Crippen LogP contribution in [0.4, 0.5) is 0 Å². The van der Waals surface area contributed by atoms with Crippen LogP contribution in [0.3, 0.4) is 0 Å². The number of hydrogen-bond acceptors (Lipinski definition) is 5. The van der Waals surface area contributed by atoms with Gasteiger partial charge in [-0.1, -0.05) is 11.6 Å². The Balaban J connectivity index is 0.00000289. The number of ether oxygens (including phenoxy) is 1. The van der Waals surface area contributed by atoms with Crippen LogP contribution in [0.5, 0.6) is 0 Å². The first-order valence-electron chi connectivity index (χ1n) is 5.00. The molecule has 0 aliphatic heterocycles. The Morgan fingerprint density at radius 2 is 2.33 bits per heavy atom. The fourth-order valence-electron chi connectivity index (χ4n) is 1.19. The number of rotatable bonds is 6. The largest absolute Gasteiger partial charge is 0.386 e. The van der Waals surface area contributed by atoms with E-state index in [1.807, 2.05) is 0 Å². The lowest BCUT2D eigenvalue weighted by atomic mass is 10.2. The molecule has 104 valence electrons. The first kappa shape index (κ1) is 17.6. The van der Waals surface area contributed by atoms with Crippen molar-refractivity contribution in [2.24, 2.45) is 5.73 Å². The average molecular weight is 315 g/mol. The van der Waals surface area contributed by atoms with Gasteiger partial charge in [-0.2, -0.15) is 0 Å². The zero-order valence-corrected chi connectivity index (χ0v) is 12.1. The molecule has 2 unspecified atom stereocenters. The van der Waals surface area contributed by atoms with E-state index < -0.39 is 12.1 Å². The summed E-state index contributed by atoms with van der Waals surface area (Å²) < 4.78 is 5.35. The third-order valence-electron chi connectivity index (χ3n) is 2.08. The van der Waals surface area contributed by atoms with E-state index >= 15 is 0 Å². The van der Waals surface area contributed by atoms with Crippen molar-refractivity contribution in [3.8, 4) is 0 Å². The molecular formula is C10H16Cl2N2O3S. The Morgan fingerprint density at radius 3 is 2.83 bits per heavy atom. The first-order valence-corrected chi connectivity index (χ1v) is 6.19. The highest BCUT2D eigenvalue weighted by Crippen LogP contribution is 2.26. The summed E-state index contributed by atoms with van der Waals surface area (Å²) in [6.07, 6.45) is -0.772. The molecule has 0 bridgehead atoms. The van der Waals surface area contributed by atoms with E-state index in [1.54, 1.807) is 12.1 Å². The summed E-state index contributed by atoms with van der Waals surface area (Å²) in [4.78, 5) is 12.1. The predicted octanol–water partition coefficient (Wildman–Crippen LogP) is 0.947. The third kappa shape index (κ3) is 5.51. The van der Waals surface area contributed by atoms with Gasteiger partial charge in [0.2, 0.25) is 5.91 Å². The average Bonchev–Trinajstić information content (AvgIpc) is 2.72. The molecule has 1 heterocycles. The SMILES string of the molecule is COCC(N)C(=O)NCC(O)c1ccc(Cl)s1.Cl. The second-order valence-electron chi connectivity index (χ2n) is 3.46. The van der Waals surface area contributed by atoms with Crippen molar-refractivity contribution in [1.29, 1.82) is 0 Å². The first-order chi connectivity index (χ1) is 8.04. The van der Waals surface area contributed by atoms with Crippen LogP contribution >= 0.6 is 35.3 Å². The molecule has 0 fully saturated rings. The van der Waals surface area contributed by atoms with Gasteiger partial charge in [-0.15, -0.1) is 23.7 Å². The van der Waals surface area contributed by atoms with E-state index in [1.165, 1.54) is 18.4 Å². The van der Waals surface area contributed by atoms with Crippen molar-refractivity contribution in [3.63, 3.8) is 0 Å². The highest BCUT2D eigenvalue weighted by atomic mass is 35.5. The monoisotopic (exact) mass is 314 g/mol. The fraction of sp³-hybridized carbons (Fsp3) is 0.500. The van der Waals surface area contributed by atoms with Crippen molar-refractivity contribution in [2.75, 3.05) is 20.3 Å². The van der Waals surface area contributed by atoms with Gasteiger partial charge >= 0.3 is 0 Å². The minimum absolute atomic E-state index is 0. The van der Waals surface area contributed by atoms with E-state index in [0.717, 1.165) is 0 Å². The van der Waals surface area contributed by atoms with Crippen molar-refractivity contribution >= 4 is 41.3 Å². The van der Waals surface area contributed by atoms with Crippen LogP contribution in [0.2, 0.25) is 4.34 Å². The standard InChI is InChI=1S/C10H15ClN2O3S.ClH/c1-16-5-6(12)10(15)13-4-7(14)8-2-3-9(11)17-8;/h2-3,6-7,14H,4-5,12H2,1H3,(H,13,15);1H. The van der Waals surface area contributed by atoms with Gasteiger partial charge in [-0.3, -0.25) is 4.79 Å². The third-order valence-corrected chi connectivity index (χ3v) is 3.41. The topological polar surface area (TPSA) is 84.6 Å². The predicted molar refractivity (Wildman–Crippen MR) is 74.4 cm³/mol. The lowest BCUT2D eigenvalue weighted by Gasteiger charge is -2.13. The van der Waals surface area contributed by atoms with Crippen molar-refractivity contribution in [3.05, 3.63) is 21.3 Å². The smallest absolute Gasteiger partial charge is 0.239 e. The van der Waals surface area contributed by atoms with Crippen LogP contribution in [-0.4, -0.2) is 37.3 Å². The summed E-state index contributed by atoms with van der Waals surface area (Å²) in [5, 5.41) is 12.3. The molecule has 0 saturated carbocycles. The number of hydrogen-bond donors (Lipinski definition) is 3. The number of nitrogens with two attached hydrogens (primary N) is 1. The highest BCUT2D eigenvalue weighted by molar-refractivity contribution is 7.16. The van der Waals surface area contributed by atoms with E-state index in [9.17, 15) is 9.90 Å². The summed E-state index contributed by atoms with van der Waals surface area (Å²) in [6, 6.07) is 2.70. The number of methoxy groups -OCH3 is 1. The normalized spacial score (nSPS) is 13.6. The molecule has 0 spiro atoms. The number of carbonyl (C=O) groups excluding carboxylic acids is 1. The van der Waals surface area contributed by atoms with Crippen LogP contribution in [0.25, 0.3) is 0 Å². The molecule has 0 radical (unpaired) electrons. The second-order valence-corrected chi connectivity index (χ2v) is 5.21. The van der Waals surface area contributed by atoms with E-state index in [-0.39, 0.29) is 31.5 Å². The summed E-state index contributed by atoms with van der Waals surface area (Å²) in [5.41, 5.74) is 5.52. The van der Waals surface area contributed by atoms with Gasteiger partial charge in [0.25, 0.3) is 0 Å². The minimum Gasteiger partial charge on any atom is -0.386 e. The van der Waals surface area contributed by atoms with Crippen molar-refractivity contribution in [2.45, 2.75) is 12.1 Å². The lowest BCUT2D eigenvalue weighted by molar-refractivity contribution is -0.123. The number of thiophene rings is 1. The Hall–Kier alpha value is -0.370. The van der Waals surface area contributed by atoms with Gasteiger partial charge < -0.3 is 20.9 Å². The summed E-state index contributed by atoms with van der Waals surface area (Å²) >= 11 is 7.02. The molecule has 0 saturated heterocycles. The van der Waals surface area contributed by atoms with Gasteiger partial charge in [0.05, 0.1) is 10.9 Å². The number of aliphatic hydroxyl groups is 1. The summed E-state index contributed by atoms with van der Waals surface area (Å²) in [5.74, 6) is -0.353. The zero-order chi connectivity index (χ0) is 12.8. The van der Waals surface area contributed by atoms with E-state index in [2.05, 4.69) is 5.32 Å². The molecule has 5 nitrogen and oxygen atoms in total. The number of nitrogens with one attached hydrogen (secondary N) is 1. The van der Waals surface area contributed by atoms with Crippen LogP contribution in [0.1, 0.15) is 11.0 Å². The molecular weight excluding hydrogens is 299 g/mol. The molecule has 4 N–H and O–H groups in total. The molecule has 1 amide bonds. The number of amides is 1. The molecule has 18 heavy (non-hydrogen) atoms. The number of halogens is 2. The summed E-state index contributed by atoms with van der Waals surface area (Å²) in [7, 11) is 1.47. The van der Waals surface area contributed by atoms with Gasteiger partial charge in [-0.05, 0) is 12.1 Å². The Labute approximate surface area is 121 Å². The fourth-order valence-corrected chi connectivity index (χ4v) is 2.24. The molecule has 1 aromatic rings. The number of aliphatic hydroxyl groups excluding tert-OH is 1. The van der Waals surface area contributed by atoms with Gasteiger partial charge in [0, 0.05) is 18.5 Å². The molecule has 1 aromatic heterocycles. The van der Waals surface area contributed by atoms with E-state index in [0.29, 0.717) is 9.21 Å². The highest BCUT2D eigenvalue weighted by Gasteiger charge is 2.16. The molecule has 0 aromatic carbocycles. The molecule has 1 rings (SSSR count). The van der Waals surface area contributed by atoms with Gasteiger partial charge in [0.15, 0.2) is 0 Å². The van der Waals surface area contributed by atoms with Crippen LogP contribution < -0.4 is 11.1 Å². The maximum atomic E-state index is 11.4. The second kappa shape index (κ2) is 8.68. The molecule has 0 aliphatic rings. The Kier molecular flexibility index (Phi) is 8.51. The molecule has 2 atom stereocenters. The lowest BCUT2D eigenvalue weighted by Crippen LogP contribution is -2.44. The molecule has 8 heteroatoms. The Bertz CT molecular complexity index is 376. The van der Waals surface area contributed by atoms with Crippen molar-refractivity contribution in [1.82, 2.24) is 5.32 Å². The van der Waals surface area contributed by atoms with Crippen molar-refractivity contribution < 1.29 is 14.6 Å². The minimum atomic E-state index is -0.772. The van der Waals surface area contributed by atoms with Gasteiger partial charge in [0.1, 0.15) is 12.1 Å². The molecule has 0 aliphatic carbocycles. The zero-order valence-electron chi connectivity index (χ0n) is 9.76. The number of carbonyl (C=O) groups is 1. The van der Waals surface area contributed by atoms with Crippen LogP contribution in [0, 0.1) is 0 Å². The van der Waals surface area contributed by atoms with Crippen LogP contribution in [0.15, 0.2) is 12.1 Å². The quantitative estimate of drug-likeness (QED) is 0.730. The maximum Gasteiger partial charge on any atom is 0.239 e. The van der Waals surface area contributed by atoms with E-state index in [4.69, 9.17) is 22.1 Å². The maximum absolute atomic E-state index is 11.4. The van der Waals surface area contributed by atoms with Crippen LogP contribution in [-0.2, 0) is 9.53 Å². The summed E-state index contributed by atoms with van der Waals surface area (Å²) in [6.45, 7) is 0.250. The van der Waals surface area contributed by atoms with Gasteiger partial charge in [-0.25, -0.2) is 0 Å². The Morgan fingerprint density at radius 1 is 1.67 bits per heavy atom.